The van der Waals surface area contributed by atoms with Crippen LogP contribution in [0.1, 0.15) is 25.7 Å². The summed E-state index contributed by atoms with van der Waals surface area (Å²) in [7, 11) is 1.92. The highest BCUT2D eigenvalue weighted by atomic mass is 32.2. The van der Waals surface area contributed by atoms with Crippen LogP contribution in [0.3, 0.4) is 0 Å². The third-order valence-corrected chi connectivity index (χ3v) is 4.13. The number of nitrogens with zero attached hydrogens (tertiary/aromatic N) is 1. The summed E-state index contributed by atoms with van der Waals surface area (Å²) in [6.45, 7) is 1.65. The maximum absolute atomic E-state index is 12.1. The molecule has 3 nitrogen and oxygen atoms in total. The van der Waals surface area contributed by atoms with Crippen LogP contribution in [0.4, 0.5) is 0 Å². The molecule has 16 heavy (non-hydrogen) atoms. The topological polar surface area (TPSA) is 46.3 Å². The van der Waals surface area contributed by atoms with Gasteiger partial charge in [-0.2, -0.15) is 11.8 Å². The van der Waals surface area contributed by atoms with Gasteiger partial charge in [-0.15, -0.1) is 0 Å². The molecule has 0 aromatic rings. The Kier molecular flexibility index (Phi) is 6.21. The molecular formula is C12H24N2OS. The van der Waals surface area contributed by atoms with Crippen molar-refractivity contribution in [2.75, 3.05) is 32.1 Å². The molecule has 1 rings (SSSR count). The van der Waals surface area contributed by atoms with Gasteiger partial charge in [0.2, 0.25) is 5.91 Å². The summed E-state index contributed by atoms with van der Waals surface area (Å²) in [5, 5.41) is 0. The van der Waals surface area contributed by atoms with Crippen molar-refractivity contribution in [1.29, 1.82) is 0 Å². The SMILES string of the molecule is CSCCN(C)C(=O)C1CCC(CN)CC1. The Morgan fingerprint density at radius 1 is 1.38 bits per heavy atom. The first-order chi connectivity index (χ1) is 7.69. The summed E-state index contributed by atoms with van der Waals surface area (Å²) in [6, 6.07) is 0. The Hall–Kier alpha value is -0.220. The minimum Gasteiger partial charge on any atom is -0.345 e. The van der Waals surface area contributed by atoms with Gasteiger partial charge in [-0.25, -0.2) is 0 Å². The fraction of sp³-hybridized carbons (Fsp3) is 0.917. The highest BCUT2D eigenvalue weighted by molar-refractivity contribution is 7.98. The van der Waals surface area contributed by atoms with E-state index >= 15 is 0 Å². The predicted molar refractivity (Wildman–Crippen MR) is 70.5 cm³/mol. The molecule has 1 aliphatic rings. The van der Waals surface area contributed by atoms with E-state index in [0.29, 0.717) is 11.8 Å². The van der Waals surface area contributed by atoms with Crippen molar-refractivity contribution in [3.05, 3.63) is 0 Å². The van der Waals surface area contributed by atoms with E-state index < -0.39 is 0 Å². The van der Waals surface area contributed by atoms with Gasteiger partial charge >= 0.3 is 0 Å². The molecule has 2 N–H and O–H groups in total. The minimum absolute atomic E-state index is 0.259. The van der Waals surface area contributed by atoms with Crippen LogP contribution in [0.2, 0.25) is 0 Å². The Morgan fingerprint density at radius 3 is 2.50 bits per heavy atom. The molecule has 0 atom stereocenters. The van der Waals surface area contributed by atoms with Gasteiger partial charge in [-0.3, -0.25) is 4.79 Å². The minimum atomic E-state index is 0.259. The molecule has 1 amide bonds. The first-order valence-corrected chi connectivity index (χ1v) is 7.52. The van der Waals surface area contributed by atoms with E-state index in [1.54, 1.807) is 11.8 Å². The van der Waals surface area contributed by atoms with Gasteiger partial charge < -0.3 is 10.6 Å². The molecule has 94 valence electrons. The highest BCUT2D eigenvalue weighted by Gasteiger charge is 2.27. The van der Waals surface area contributed by atoms with Crippen molar-refractivity contribution in [2.24, 2.45) is 17.6 Å². The standard InChI is InChI=1S/C12H24N2OS/c1-14(7-8-16-2)12(15)11-5-3-10(9-13)4-6-11/h10-11H,3-9,13H2,1-2H3. The summed E-state index contributed by atoms with van der Waals surface area (Å²) < 4.78 is 0. The molecule has 0 aromatic carbocycles. The second-order valence-corrected chi connectivity index (χ2v) is 5.69. The maximum Gasteiger partial charge on any atom is 0.225 e. The fourth-order valence-corrected chi connectivity index (χ4v) is 2.75. The lowest BCUT2D eigenvalue weighted by atomic mass is 9.81. The molecule has 1 fully saturated rings. The largest absolute Gasteiger partial charge is 0.345 e. The first kappa shape index (κ1) is 13.8. The molecule has 0 saturated heterocycles. The number of thioether (sulfide) groups is 1. The van der Waals surface area contributed by atoms with Crippen LogP contribution in [-0.4, -0.2) is 43.0 Å². The molecule has 0 aliphatic heterocycles. The second-order valence-electron chi connectivity index (χ2n) is 4.71. The third-order valence-electron chi connectivity index (χ3n) is 3.54. The monoisotopic (exact) mass is 244 g/mol. The lowest BCUT2D eigenvalue weighted by molar-refractivity contribution is -0.135. The number of rotatable bonds is 5. The van der Waals surface area contributed by atoms with E-state index in [1.807, 2.05) is 11.9 Å². The van der Waals surface area contributed by atoms with E-state index in [4.69, 9.17) is 5.73 Å². The Labute approximate surface area is 103 Å². The summed E-state index contributed by atoms with van der Waals surface area (Å²) in [5.41, 5.74) is 5.65. The summed E-state index contributed by atoms with van der Waals surface area (Å²) >= 11 is 1.79. The van der Waals surface area contributed by atoms with Crippen molar-refractivity contribution in [1.82, 2.24) is 4.90 Å². The van der Waals surface area contributed by atoms with Gasteiger partial charge in [0.05, 0.1) is 0 Å². The molecule has 4 heteroatoms. The Balaban J connectivity index is 2.32. The molecule has 0 spiro atoms. The van der Waals surface area contributed by atoms with Crippen LogP contribution >= 0.6 is 11.8 Å². The van der Waals surface area contributed by atoms with Crippen molar-refractivity contribution in [3.63, 3.8) is 0 Å². The Morgan fingerprint density at radius 2 is 2.00 bits per heavy atom. The van der Waals surface area contributed by atoms with Crippen LogP contribution in [0, 0.1) is 11.8 Å². The third kappa shape index (κ3) is 3.98. The van der Waals surface area contributed by atoms with Gasteiger partial charge in [0, 0.05) is 25.3 Å². The second kappa shape index (κ2) is 7.17. The van der Waals surface area contributed by atoms with Gasteiger partial charge in [0.25, 0.3) is 0 Å². The van der Waals surface area contributed by atoms with Gasteiger partial charge in [0.1, 0.15) is 0 Å². The van der Waals surface area contributed by atoms with Crippen molar-refractivity contribution in [2.45, 2.75) is 25.7 Å². The zero-order valence-corrected chi connectivity index (χ0v) is 11.3. The Bertz CT molecular complexity index is 215. The highest BCUT2D eigenvalue weighted by Crippen LogP contribution is 2.29. The van der Waals surface area contributed by atoms with Crippen LogP contribution in [-0.2, 0) is 4.79 Å². The average Bonchev–Trinajstić information content (AvgIpc) is 2.35. The molecular weight excluding hydrogens is 220 g/mol. The van der Waals surface area contributed by atoms with Crippen molar-refractivity contribution < 1.29 is 4.79 Å². The van der Waals surface area contributed by atoms with E-state index in [-0.39, 0.29) is 5.92 Å². The zero-order valence-electron chi connectivity index (χ0n) is 10.4. The molecule has 0 bridgehead atoms. The van der Waals surface area contributed by atoms with Crippen LogP contribution in [0.15, 0.2) is 0 Å². The normalized spacial score (nSPS) is 25.4. The van der Waals surface area contributed by atoms with Crippen LogP contribution in [0.5, 0.6) is 0 Å². The molecule has 0 aromatic heterocycles. The number of hydrogen-bond donors (Lipinski definition) is 1. The van der Waals surface area contributed by atoms with Crippen molar-refractivity contribution >= 4 is 17.7 Å². The predicted octanol–water partition coefficient (Wildman–Crippen LogP) is 1.57. The average molecular weight is 244 g/mol. The molecule has 1 aliphatic carbocycles. The van der Waals surface area contributed by atoms with Crippen molar-refractivity contribution in [3.8, 4) is 0 Å². The molecule has 0 heterocycles. The van der Waals surface area contributed by atoms with E-state index in [1.165, 1.54) is 0 Å². The lowest BCUT2D eigenvalue weighted by Crippen LogP contribution is -2.36. The number of amides is 1. The van der Waals surface area contributed by atoms with Crippen LogP contribution < -0.4 is 5.73 Å². The summed E-state index contributed by atoms with van der Waals surface area (Å²) in [5.74, 6) is 2.28. The van der Waals surface area contributed by atoms with Crippen LogP contribution in [0.25, 0.3) is 0 Å². The van der Waals surface area contributed by atoms with E-state index in [9.17, 15) is 4.79 Å². The quantitative estimate of drug-likeness (QED) is 0.798. The summed E-state index contributed by atoms with van der Waals surface area (Å²) in [6.07, 6.45) is 6.39. The van der Waals surface area contributed by atoms with Gasteiger partial charge in [-0.1, -0.05) is 0 Å². The molecule has 0 unspecified atom stereocenters. The van der Waals surface area contributed by atoms with Gasteiger partial charge in [-0.05, 0) is 44.4 Å². The maximum atomic E-state index is 12.1. The van der Waals surface area contributed by atoms with E-state index in [0.717, 1.165) is 44.5 Å². The zero-order chi connectivity index (χ0) is 12.0. The number of hydrogen-bond acceptors (Lipinski definition) is 3. The molecule has 1 saturated carbocycles. The van der Waals surface area contributed by atoms with Gasteiger partial charge in [0.15, 0.2) is 0 Å². The number of nitrogens with two attached hydrogens (primary N) is 1. The van der Waals surface area contributed by atoms with E-state index in [2.05, 4.69) is 6.26 Å². The first-order valence-electron chi connectivity index (χ1n) is 6.13. The fourth-order valence-electron chi connectivity index (χ4n) is 2.30. The lowest BCUT2D eigenvalue weighted by Gasteiger charge is -2.29. The number of carbonyl (C=O) groups excluding carboxylic acids is 1. The smallest absolute Gasteiger partial charge is 0.225 e. The number of carbonyl (C=O) groups is 1. The summed E-state index contributed by atoms with van der Waals surface area (Å²) in [4.78, 5) is 14.0. The molecule has 0 radical (unpaired) electrons.